The summed E-state index contributed by atoms with van der Waals surface area (Å²) in [6, 6.07) is 7.15. The van der Waals surface area contributed by atoms with Crippen molar-refractivity contribution in [1.82, 2.24) is 9.78 Å². The van der Waals surface area contributed by atoms with E-state index < -0.39 is 0 Å². The van der Waals surface area contributed by atoms with Crippen molar-refractivity contribution in [1.29, 1.82) is 0 Å². The Kier molecular flexibility index (Phi) is 3.84. The highest BCUT2D eigenvalue weighted by atomic mass is 16.3. The lowest BCUT2D eigenvalue weighted by atomic mass is 10.1. The molecule has 0 spiro atoms. The first kappa shape index (κ1) is 12.4. The number of rotatable bonds is 5. The van der Waals surface area contributed by atoms with Crippen molar-refractivity contribution in [2.45, 2.75) is 6.42 Å². The highest BCUT2D eigenvalue weighted by Gasteiger charge is 2.10. The van der Waals surface area contributed by atoms with Crippen molar-refractivity contribution in [2.24, 2.45) is 12.8 Å². The topological polar surface area (TPSA) is 76.1 Å². The SMILES string of the molecule is Cn1ncc(NCCCN)c1-c1cccc(O)c1. The summed E-state index contributed by atoms with van der Waals surface area (Å²) in [5.74, 6) is 0.251. The van der Waals surface area contributed by atoms with Crippen LogP contribution in [0.4, 0.5) is 5.69 Å². The first-order valence-corrected chi connectivity index (χ1v) is 5.97. The number of nitrogens with zero attached hydrogens (tertiary/aromatic N) is 2. The van der Waals surface area contributed by atoms with Gasteiger partial charge in [0.1, 0.15) is 5.75 Å². The molecular formula is C13H18N4O. The summed E-state index contributed by atoms with van der Waals surface area (Å²) in [5, 5.41) is 17.1. The molecule has 0 fully saturated rings. The molecule has 96 valence electrons. The summed E-state index contributed by atoms with van der Waals surface area (Å²) in [6.07, 6.45) is 2.70. The van der Waals surface area contributed by atoms with Crippen LogP contribution in [0.3, 0.4) is 0 Å². The van der Waals surface area contributed by atoms with Gasteiger partial charge in [0.2, 0.25) is 0 Å². The van der Waals surface area contributed by atoms with Crippen LogP contribution in [-0.2, 0) is 7.05 Å². The Morgan fingerprint density at radius 1 is 1.44 bits per heavy atom. The highest BCUT2D eigenvalue weighted by Crippen LogP contribution is 2.29. The summed E-state index contributed by atoms with van der Waals surface area (Å²) < 4.78 is 1.79. The molecule has 1 heterocycles. The lowest BCUT2D eigenvalue weighted by Gasteiger charge is -2.08. The standard InChI is InChI=1S/C13H18N4O/c1-17-13(10-4-2-5-11(18)8-10)12(9-16-17)15-7-3-6-14/h2,4-5,8-9,15,18H,3,6-7,14H2,1H3. The fraction of sp³-hybridized carbons (Fsp3) is 0.308. The number of nitrogens with two attached hydrogens (primary N) is 1. The molecule has 18 heavy (non-hydrogen) atoms. The van der Waals surface area contributed by atoms with Crippen molar-refractivity contribution in [3.63, 3.8) is 0 Å². The maximum Gasteiger partial charge on any atom is 0.116 e. The lowest BCUT2D eigenvalue weighted by Crippen LogP contribution is -2.08. The minimum absolute atomic E-state index is 0.251. The minimum Gasteiger partial charge on any atom is -0.508 e. The molecule has 1 aromatic carbocycles. The average molecular weight is 246 g/mol. The van der Waals surface area contributed by atoms with E-state index >= 15 is 0 Å². The van der Waals surface area contributed by atoms with Crippen molar-refractivity contribution in [2.75, 3.05) is 18.4 Å². The summed E-state index contributed by atoms with van der Waals surface area (Å²) in [4.78, 5) is 0. The van der Waals surface area contributed by atoms with Gasteiger partial charge in [0.05, 0.1) is 17.6 Å². The molecule has 0 unspecified atom stereocenters. The van der Waals surface area contributed by atoms with Crippen molar-refractivity contribution >= 4 is 5.69 Å². The van der Waals surface area contributed by atoms with Gasteiger partial charge in [-0.15, -0.1) is 0 Å². The van der Waals surface area contributed by atoms with Gasteiger partial charge < -0.3 is 16.2 Å². The quantitative estimate of drug-likeness (QED) is 0.700. The molecule has 0 amide bonds. The molecule has 5 nitrogen and oxygen atoms in total. The number of phenolic OH excluding ortho intramolecular Hbond substituents is 1. The van der Waals surface area contributed by atoms with E-state index in [1.54, 1.807) is 23.0 Å². The zero-order valence-electron chi connectivity index (χ0n) is 10.4. The largest absolute Gasteiger partial charge is 0.508 e. The second-order valence-electron chi connectivity index (χ2n) is 4.15. The van der Waals surface area contributed by atoms with Crippen molar-refractivity contribution in [3.8, 4) is 17.0 Å². The summed E-state index contributed by atoms with van der Waals surface area (Å²) in [6.45, 7) is 1.47. The molecule has 0 aliphatic heterocycles. The van der Waals surface area contributed by atoms with Crippen molar-refractivity contribution < 1.29 is 5.11 Å². The van der Waals surface area contributed by atoms with E-state index in [4.69, 9.17) is 5.73 Å². The van der Waals surface area contributed by atoms with E-state index in [0.29, 0.717) is 6.54 Å². The molecule has 0 aliphatic carbocycles. The Morgan fingerprint density at radius 3 is 3.00 bits per heavy atom. The normalized spacial score (nSPS) is 10.6. The molecule has 0 aliphatic rings. The molecular weight excluding hydrogens is 228 g/mol. The molecule has 0 saturated carbocycles. The fourth-order valence-corrected chi connectivity index (χ4v) is 1.89. The predicted octanol–water partition coefficient (Wildman–Crippen LogP) is 1.55. The summed E-state index contributed by atoms with van der Waals surface area (Å²) in [7, 11) is 1.88. The summed E-state index contributed by atoms with van der Waals surface area (Å²) >= 11 is 0. The third kappa shape index (κ3) is 2.62. The van der Waals surface area contributed by atoms with E-state index in [9.17, 15) is 5.11 Å². The Morgan fingerprint density at radius 2 is 2.28 bits per heavy atom. The molecule has 0 radical (unpaired) electrons. The molecule has 2 rings (SSSR count). The predicted molar refractivity (Wildman–Crippen MR) is 72.5 cm³/mol. The second kappa shape index (κ2) is 5.55. The third-order valence-electron chi connectivity index (χ3n) is 2.75. The van der Waals surface area contributed by atoms with Gasteiger partial charge >= 0.3 is 0 Å². The fourth-order valence-electron chi connectivity index (χ4n) is 1.89. The van der Waals surface area contributed by atoms with Crippen LogP contribution in [0.2, 0.25) is 0 Å². The molecule has 0 bridgehead atoms. The van der Waals surface area contributed by atoms with Gasteiger partial charge in [-0.25, -0.2) is 0 Å². The Balaban J connectivity index is 2.29. The zero-order chi connectivity index (χ0) is 13.0. The summed E-state index contributed by atoms with van der Waals surface area (Å²) in [5.41, 5.74) is 8.32. The Hall–Kier alpha value is -2.01. The molecule has 1 aromatic heterocycles. The lowest BCUT2D eigenvalue weighted by molar-refractivity contribution is 0.475. The van der Waals surface area contributed by atoms with Crippen LogP contribution < -0.4 is 11.1 Å². The van der Waals surface area contributed by atoms with Crippen LogP contribution in [0.1, 0.15) is 6.42 Å². The first-order valence-electron chi connectivity index (χ1n) is 5.97. The smallest absolute Gasteiger partial charge is 0.116 e. The molecule has 4 N–H and O–H groups in total. The maximum atomic E-state index is 9.54. The van der Waals surface area contributed by atoms with Crippen LogP contribution in [0.25, 0.3) is 11.3 Å². The number of aromatic hydroxyl groups is 1. The molecule has 0 atom stereocenters. The molecule has 0 saturated heterocycles. The van der Waals surface area contributed by atoms with E-state index in [2.05, 4.69) is 10.4 Å². The number of phenols is 1. The van der Waals surface area contributed by atoms with Gasteiger partial charge in [-0.05, 0) is 25.1 Å². The number of anilines is 1. The zero-order valence-corrected chi connectivity index (χ0v) is 10.4. The van der Waals surface area contributed by atoms with E-state index in [0.717, 1.165) is 29.9 Å². The molecule has 5 heteroatoms. The van der Waals surface area contributed by atoms with Crippen molar-refractivity contribution in [3.05, 3.63) is 30.5 Å². The molecule has 2 aromatic rings. The van der Waals surface area contributed by atoms with E-state index in [1.165, 1.54) is 0 Å². The third-order valence-corrected chi connectivity index (χ3v) is 2.75. The number of hydrogen-bond donors (Lipinski definition) is 3. The monoisotopic (exact) mass is 246 g/mol. The number of benzene rings is 1. The van der Waals surface area contributed by atoms with E-state index in [-0.39, 0.29) is 5.75 Å². The maximum absolute atomic E-state index is 9.54. The van der Waals surface area contributed by atoms with Crippen LogP contribution in [-0.4, -0.2) is 28.0 Å². The van der Waals surface area contributed by atoms with Gasteiger partial charge in [0.15, 0.2) is 0 Å². The van der Waals surface area contributed by atoms with E-state index in [1.807, 2.05) is 19.2 Å². The Bertz CT molecular complexity index is 521. The number of nitrogens with one attached hydrogen (secondary N) is 1. The number of hydrogen-bond acceptors (Lipinski definition) is 4. The highest BCUT2D eigenvalue weighted by molar-refractivity contribution is 5.75. The number of aryl methyl sites for hydroxylation is 1. The van der Waals surface area contributed by atoms with Crippen LogP contribution in [0, 0.1) is 0 Å². The van der Waals surface area contributed by atoms with Crippen LogP contribution in [0.15, 0.2) is 30.5 Å². The van der Waals surface area contributed by atoms with Gasteiger partial charge in [-0.1, -0.05) is 12.1 Å². The second-order valence-corrected chi connectivity index (χ2v) is 4.15. The average Bonchev–Trinajstić information content (AvgIpc) is 2.71. The minimum atomic E-state index is 0.251. The van der Waals surface area contributed by atoms with Gasteiger partial charge in [-0.3, -0.25) is 4.68 Å². The Labute approximate surface area is 106 Å². The van der Waals surface area contributed by atoms with Crippen LogP contribution >= 0.6 is 0 Å². The first-order chi connectivity index (χ1) is 8.72. The van der Waals surface area contributed by atoms with Gasteiger partial charge in [-0.2, -0.15) is 5.10 Å². The van der Waals surface area contributed by atoms with Gasteiger partial charge in [0, 0.05) is 19.2 Å². The number of aromatic nitrogens is 2. The van der Waals surface area contributed by atoms with Crippen LogP contribution in [0.5, 0.6) is 5.75 Å². The van der Waals surface area contributed by atoms with Gasteiger partial charge in [0.25, 0.3) is 0 Å².